The molecule has 51 nitrogen and oxygen atoms in total. The van der Waals surface area contributed by atoms with E-state index >= 15 is 0 Å². The summed E-state index contributed by atoms with van der Waals surface area (Å²) >= 11 is 7.88. The van der Waals surface area contributed by atoms with E-state index in [1.807, 2.05) is 0 Å². The number of aromatic hydroxyl groups is 2. The molecule has 36 N–H and O–H groups in total. The van der Waals surface area contributed by atoms with Gasteiger partial charge in [-0.15, -0.1) is 0 Å². The molecule has 1 aliphatic rings. The second-order valence-electron chi connectivity index (χ2n) is 29.8. The molecular formula is C77H120N26O25S4. The number of phenols is 2. The number of hydrogen-bond donors (Lipinski definition) is 31. The molecule has 14 atom stereocenters. The van der Waals surface area contributed by atoms with Gasteiger partial charge in [-0.3, -0.25) is 102 Å². The Labute approximate surface area is 775 Å². The summed E-state index contributed by atoms with van der Waals surface area (Å²) in [5.74, 6) is -22.7. The van der Waals surface area contributed by atoms with Crippen molar-refractivity contribution in [2.75, 3.05) is 94.3 Å². The lowest BCUT2D eigenvalue weighted by Gasteiger charge is -2.29. The number of primary amides is 3. The van der Waals surface area contributed by atoms with Gasteiger partial charge in [-0.25, -0.2) is 4.79 Å². The minimum absolute atomic E-state index is 0.00128. The van der Waals surface area contributed by atoms with Crippen molar-refractivity contribution in [1.82, 2.24) is 95.3 Å². The maximum atomic E-state index is 14.3. The van der Waals surface area contributed by atoms with Gasteiger partial charge in [-0.2, -0.15) is 47.9 Å². The Balaban J connectivity index is 1.67. The van der Waals surface area contributed by atoms with Crippen LogP contribution in [0.2, 0.25) is 0 Å². The standard InChI is InChI=1S/C77H120N26O25S4/c1-130-24-18-44(63(115)89-32-59(111)88-33-60(112)92-45(19-25-131-2)66(118)98-50(30-57(80)109)69(121)93-43(7-4-21-86-76(82)83)65(117)95-47(8-5-22-87-77(84)85)74(126)103-23-6-9-55(103)75(127)128)91-61(113)34-90-64(116)52(35-104)100-72(124)53(36-105)101-71(123)51(31-58(81)110)99-73(125)54(37-129)102-67(119)46(20-26-132-3)94-68(120)48(28-39-12-16-41(107)17-13-39)97-70(122)49(29-56(79)108)96-62(114)42(78)27-38-10-14-40(106)15-11-38/h10-17,42-55,104-107,129H,4-9,18-37,78H2,1-3H3,(H2,79,108)(H2,80,109)(H2,81,110)(H,88,111)(H,89,115)(H,90,116)(H,91,113)(H,92,112)(H,93,121)(H,94,120)(H,95,117)(H,96,114)(H,97,122)(H,98,118)(H,99,125)(H,100,124)(H,101,123)(H,102,119)(H,127,128)(H4,82,83,86)(H4,84,85,87)/t42-,43-,44-,45-,46-,47-,48-,49-,50-,51-,52-,53-,54-,55-/m0/s1. The third-order valence-corrected chi connectivity index (χ3v) is 21.7. The molecular weight excluding hydrogens is 1820 g/mol. The van der Waals surface area contributed by atoms with Gasteiger partial charge in [0.05, 0.1) is 58.2 Å². The zero-order valence-corrected chi connectivity index (χ0v) is 75.9. The van der Waals surface area contributed by atoms with Gasteiger partial charge in [-0.05, 0) is 136 Å². The number of carbonyl (C=O) groups excluding carboxylic acids is 19. The van der Waals surface area contributed by atoms with E-state index in [1.54, 1.807) is 18.8 Å². The SMILES string of the molecule is CSCC[C@H](NC(=O)CNC(=O)[C@H](CO)NC(=O)[C@H](CO)NC(=O)[C@H](CC(N)=O)NC(=O)[C@H](CS)NC(=O)[C@H](CCSC)NC(=O)[C@H](Cc1ccc(O)cc1)NC(=O)[C@H](CC(N)=O)NC(=O)[C@@H](N)Cc1ccc(O)cc1)C(=O)NCC(=O)NCC(=O)N[C@@H](CCSC)C(=O)N[C@@H](CC(N)=O)C(=O)N[C@@H](CCCNC(=N)N)C(=O)N[C@@H](CCCNC(=N)N)C(=O)N1CCC[C@H]1C(=O)O. The van der Waals surface area contributed by atoms with E-state index in [9.17, 15) is 121 Å². The highest BCUT2D eigenvalue weighted by molar-refractivity contribution is 7.99. The first kappa shape index (κ1) is 113. The van der Waals surface area contributed by atoms with Gasteiger partial charge in [0.1, 0.15) is 90.0 Å². The molecule has 55 heteroatoms. The number of rotatable bonds is 62. The third-order valence-electron chi connectivity index (χ3n) is 19.4. The molecule has 1 fully saturated rings. The predicted octanol–water partition coefficient (Wildman–Crippen LogP) is -12.2. The van der Waals surface area contributed by atoms with Crippen molar-refractivity contribution in [3.63, 3.8) is 0 Å². The van der Waals surface area contributed by atoms with Crippen LogP contribution in [-0.2, 0) is 109 Å². The molecule has 2 aromatic rings. The quantitative estimate of drug-likeness (QED) is 0.0127. The van der Waals surface area contributed by atoms with Gasteiger partial charge in [-0.1, -0.05) is 24.3 Å². The first-order valence-electron chi connectivity index (χ1n) is 41.1. The number of aliphatic hydroxyl groups is 2. The number of aliphatic carboxylic acids is 1. The Morgan fingerprint density at radius 2 is 0.720 bits per heavy atom. The van der Waals surface area contributed by atoms with Crippen LogP contribution in [0.1, 0.15) is 88.2 Å². The third kappa shape index (κ3) is 42.9. The smallest absolute Gasteiger partial charge is 0.326 e. The van der Waals surface area contributed by atoms with Crippen molar-refractivity contribution in [2.24, 2.45) is 34.4 Å². The Bertz CT molecular complexity index is 4340. The van der Waals surface area contributed by atoms with E-state index in [0.717, 1.165) is 4.90 Å². The number of guanidine groups is 2. The molecule has 2 aromatic carbocycles. The van der Waals surface area contributed by atoms with E-state index in [0.29, 0.717) is 17.5 Å². The minimum atomic E-state index is -2.03. The summed E-state index contributed by atoms with van der Waals surface area (Å²) in [6.07, 6.45) is 1.97. The zero-order chi connectivity index (χ0) is 98.9. The van der Waals surface area contributed by atoms with Crippen LogP contribution in [0, 0.1) is 10.8 Å². The van der Waals surface area contributed by atoms with Crippen LogP contribution < -0.4 is 125 Å². The highest BCUT2D eigenvalue weighted by Gasteiger charge is 2.41. The van der Waals surface area contributed by atoms with Crippen LogP contribution in [0.25, 0.3) is 0 Å². The van der Waals surface area contributed by atoms with Crippen LogP contribution >= 0.6 is 47.9 Å². The molecule has 1 aliphatic heterocycles. The molecule has 0 aliphatic carbocycles. The lowest BCUT2D eigenvalue weighted by Crippen LogP contribution is -2.61. The molecule has 3 rings (SSSR count). The topological polar surface area (TPSA) is 854 Å². The maximum Gasteiger partial charge on any atom is 0.326 e. The normalized spacial score (nSPS) is 15.0. The fourth-order valence-corrected chi connectivity index (χ4v) is 14.2. The van der Waals surface area contributed by atoms with E-state index in [1.165, 1.54) is 83.8 Å². The van der Waals surface area contributed by atoms with Gasteiger partial charge < -0.3 is 155 Å². The van der Waals surface area contributed by atoms with Crippen molar-refractivity contribution in [3.8, 4) is 11.5 Å². The zero-order valence-electron chi connectivity index (χ0n) is 72.6. The molecule has 0 saturated carbocycles. The number of aliphatic hydroxyl groups excluding tert-OH is 2. The van der Waals surface area contributed by atoms with Crippen LogP contribution in [0.15, 0.2) is 48.5 Å². The predicted molar refractivity (Wildman–Crippen MR) is 483 cm³/mol. The lowest BCUT2D eigenvalue weighted by atomic mass is 10.0. The number of hydrogen-bond acceptors (Lipinski definition) is 31. The van der Waals surface area contributed by atoms with E-state index < -0.39 is 267 Å². The summed E-state index contributed by atoms with van der Waals surface area (Å²) in [4.78, 5) is 270. The monoisotopic (exact) mass is 1940 g/mol. The van der Waals surface area contributed by atoms with Crippen LogP contribution in [0.4, 0.5) is 0 Å². The lowest BCUT2D eigenvalue weighted by molar-refractivity contribution is -0.149. The van der Waals surface area contributed by atoms with Gasteiger partial charge in [0.15, 0.2) is 11.9 Å². The van der Waals surface area contributed by atoms with Crippen molar-refractivity contribution in [1.29, 1.82) is 10.8 Å². The summed E-state index contributed by atoms with van der Waals surface area (Å²) in [7, 11) is 0. The minimum Gasteiger partial charge on any atom is -0.508 e. The fourth-order valence-electron chi connectivity index (χ4n) is 12.5. The van der Waals surface area contributed by atoms with Gasteiger partial charge in [0.25, 0.3) is 0 Å². The second kappa shape index (κ2) is 60.3. The van der Waals surface area contributed by atoms with E-state index in [-0.39, 0.29) is 119 Å². The van der Waals surface area contributed by atoms with Crippen LogP contribution in [0.5, 0.6) is 11.5 Å². The molecule has 19 amide bonds. The Morgan fingerprint density at radius 3 is 1.14 bits per heavy atom. The molecule has 0 spiro atoms. The fraction of sp³-hybridized carbons (Fsp3) is 0.558. The van der Waals surface area contributed by atoms with E-state index in [2.05, 4.69) is 103 Å². The first-order valence-corrected chi connectivity index (χ1v) is 45.9. The summed E-state index contributed by atoms with van der Waals surface area (Å²) < 4.78 is 0. The molecule has 732 valence electrons. The molecule has 132 heavy (non-hydrogen) atoms. The summed E-state index contributed by atoms with van der Waals surface area (Å²) in [5, 5.41) is 105. The van der Waals surface area contributed by atoms with Crippen molar-refractivity contribution in [3.05, 3.63) is 59.7 Å². The average Bonchev–Trinajstić information content (AvgIpc) is 1.63. The van der Waals surface area contributed by atoms with Crippen molar-refractivity contribution < 1.29 is 121 Å². The number of nitrogens with zero attached hydrogens (tertiary/aromatic N) is 1. The number of carboxylic acid groups (broad SMARTS) is 1. The number of likely N-dealkylation sites (tertiary alicyclic amines) is 1. The van der Waals surface area contributed by atoms with Gasteiger partial charge in [0.2, 0.25) is 112 Å². The molecule has 0 unspecified atom stereocenters. The highest BCUT2D eigenvalue weighted by atomic mass is 32.2. The summed E-state index contributed by atoms with van der Waals surface area (Å²) in [5.41, 5.74) is 34.2. The highest BCUT2D eigenvalue weighted by Crippen LogP contribution is 2.21. The van der Waals surface area contributed by atoms with Crippen molar-refractivity contribution >= 4 is 178 Å². The number of thiol groups is 1. The first-order chi connectivity index (χ1) is 62.5. The second-order valence-corrected chi connectivity index (χ2v) is 33.1. The van der Waals surface area contributed by atoms with Gasteiger partial charge >= 0.3 is 5.97 Å². The Kier molecular flexibility index (Phi) is 51.8. The number of nitrogens with two attached hydrogens (primary N) is 6. The summed E-state index contributed by atoms with van der Waals surface area (Å²) in [6.45, 7) is -4.87. The molecule has 0 aromatic heterocycles. The molecule has 0 bridgehead atoms. The molecule has 1 heterocycles. The van der Waals surface area contributed by atoms with Crippen LogP contribution in [0.3, 0.4) is 0 Å². The molecule has 0 radical (unpaired) electrons. The number of benzene rings is 2. The Morgan fingerprint density at radius 1 is 0.402 bits per heavy atom. The Hall–Kier alpha value is -12.7. The summed E-state index contributed by atoms with van der Waals surface area (Å²) in [6, 6.07) is -11.5. The maximum absolute atomic E-state index is 14.3. The number of nitrogens with one attached hydrogen (secondary N) is 19. The molecule has 1 saturated heterocycles. The average molecular weight is 1940 g/mol. The van der Waals surface area contributed by atoms with E-state index in [4.69, 9.17) is 45.2 Å². The van der Waals surface area contributed by atoms with Gasteiger partial charge in [0, 0.05) is 31.8 Å². The number of amides is 19. The number of phenolic OH excluding ortho intramolecular Hbond substituents is 2. The van der Waals surface area contributed by atoms with Crippen molar-refractivity contribution in [2.45, 2.75) is 174 Å². The largest absolute Gasteiger partial charge is 0.508 e. The number of carbonyl (C=O) groups is 20. The number of carboxylic acids is 1. The van der Waals surface area contributed by atoms with Crippen LogP contribution in [-0.4, -0.2) is 339 Å². The number of thioether (sulfide) groups is 3.